The maximum Gasteiger partial charge on any atom is 0.253 e. The third-order valence-corrected chi connectivity index (χ3v) is 3.96. The highest BCUT2D eigenvalue weighted by atomic mass is 32.2. The number of nitrogen functional groups attached to an aromatic ring is 1. The molecule has 0 radical (unpaired) electrons. The predicted molar refractivity (Wildman–Crippen MR) is 65.4 cm³/mol. The van der Waals surface area contributed by atoms with E-state index in [1.807, 2.05) is 0 Å². The van der Waals surface area contributed by atoms with Gasteiger partial charge in [0.25, 0.3) is 5.56 Å². The van der Waals surface area contributed by atoms with E-state index < -0.39 is 0 Å². The van der Waals surface area contributed by atoms with Gasteiger partial charge in [-0.05, 0) is 25.7 Å². The number of nitrogens with two attached hydrogens (primary N) is 2. The highest BCUT2D eigenvalue weighted by Gasteiger charge is 2.20. The van der Waals surface area contributed by atoms with Gasteiger partial charge in [0.1, 0.15) is 5.82 Å². The molecule has 1 fully saturated rings. The largest absolute Gasteiger partial charge is 0.383 e. The topological polar surface area (TPSA) is 97.8 Å². The van der Waals surface area contributed by atoms with Crippen LogP contribution in [0.3, 0.4) is 0 Å². The van der Waals surface area contributed by atoms with Gasteiger partial charge in [0, 0.05) is 17.4 Å². The molecule has 2 rings (SSSR count). The van der Waals surface area contributed by atoms with Crippen LogP contribution in [0.5, 0.6) is 0 Å². The Morgan fingerprint density at radius 2 is 2.06 bits per heavy atom. The molecule has 88 valence electrons. The summed E-state index contributed by atoms with van der Waals surface area (Å²) in [4.78, 5) is 18.0. The van der Waals surface area contributed by atoms with Gasteiger partial charge in [-0.3, -0.25) is 4.79 Å². The highest BCUT2D eigenvalue weighted by molar-refractivity contribution is 7.99. The minimum absolute atomic E-state index is 0.192. The maximum absolute atomic E-state index is 11.2. The molecule has 0 aliphatic heterocycles. The molecule has 0 atom stereocenters. The summed E-state index contributed by atoms with van der Waals surface area (Å²) in [6, 6.07) is 1.63. The SMILES string of the molecule is Nc1cc(=O)[nH]c(SC2CCC(N)CC2)n1. The van der Waals surface area contributed by atoms with Crippen LogP contribution in [0.25, 0.3) is 0 Å². The third-order valence-electron chi connectivity index (χ3n) is 2.74. The van der Waals surface area contributed by atoms with Crippen LogP contribution < -0.4 is 17.0 Å². The second-order valence-electron chi connectivity index (χ2n) is 4.13. The molecule has 5 N–H and O–H groups in total. The lowest BCUT2D eigenvalue weighted by molar-refractivity contribution is 0.450. The summed E-state index contributed by atoms with van der Waals surface area (Å²) in [5.41, 5.74) is 11.2. The number of anilines is 1. The van der Waals surface area contributed by atoms with Crippen molar-refractivity contribution in [3.8, 4) is 0 Å². The number of rotatable bonds is 2. The fourth-order valence-electron chi connectivity index (χ4n) is 1.87. The average Bonchev–Trinajstić information content (AvgIpc) is 2.20. The molecule has 1 saturated carbocycles. The van der Waals surface area contributed by atoms with E-state index >= 15 is 0 Å². The number of nitrogens with one attached hydrogen (secondary N) is 1. The Bertz CT molecular complexity index is 412. The number of aromatic nitrogens is 2. The molecule has 0 bridgehead atoms. The number of hydrogen-bond acceptors (Lipinski definition) is 5. The minimum atomic E-state index is -0.192. The average molecular weight is 240 g/mol. The van der Waals surface area contributed by atoms with Gasteiger partial charge in [-0.1, -0.05) is 11.8 Å². The van der Waals surface area contributed by atoms with Gasteiger partial charge in [0.2, 0.25) is 0 Å². The monoisotopic (exact) mass is 240 g/mol. The van der Waals surface area contributed by atoms with Gasteiger partial charge in [-0.15, -0.1) is 0 Å². The van der Waals surface area contributed by atoms with E-state index in [9.17, 15) is 4.79 Å². The molecule has 1 heterocycles. The Morgan fingerprint density at radius 3 is 2.69 bits per heavy atom. The van der Waals surface area contributed by atoms with E-state index in [0.717, 1.165) is 25.7 Å². The van der Waals surface area contributed by atoms with Crippen LogP contribution in [0, 0.1) is 0 Å². The van der Waals surface area contributed by atoms with Gasteiger partial charge in [-0.2, -0.15) is 0 Å². The second-order valence-corrected chi connectivity index (χ2v) is 5.42. The lowest BCUT2D eigenvalue weighted by atomic mass is 9.96. The second kappa shape index (κ2) is 4.88. The van der Waals surface area contributed by atoms with Crippen LogP contribution in [0.15, 0.2) is 16.0 Å². The van der Waals surface area contributed by atoms with E-state index in [4.69, 9.17) is 11.5 Å². The van der Waals surface area contributed by atoms with Crippen molar-refractivity contribution in [1.29, 1.82) is 0 Å². The summed E-state index contributed by atoms with van der Waals surface area (Å²) >= 11 is 1.59. The van der Waals surface area contributed by atoms with Gasteiger partial charge in [-0.25, -0.2) is 4.98 Å². The van der Waals surface area contributed by atoms with E-state index in [2.05, 4.69) is 9.97 Å². The van der Waals surface area contributed by atoms with Crippen molar-refractivity contribution in [1.82, 2.24) is 9.97 Å². The zero-order valence-corrected chi connectivity index (χ0v) is 9.80. The molecule has 0 aromatic carbocycles. The van der Waals surface area contributed by atoms with E-state index in [1.165, 1.54) is 6.07 Å². The number of aromatic amines is 1. The van der Waals surface area contributed by atoms with Crippen LogP contribution in [0.2, 0.25) is 0 Å². The van der Waals surface area contributed by atoms with Crippen LogP contribution in [0.1, 0.15) is 25.7 Å². The van der Waals surface area contributed by atoms with Crippen molar-refractivity contribution in [2.75, 3.05) is 5.73 Å². The van der Waals surface area contributed by atoms with Crippen LogP contribution >= 0.6 is 11.8 Å². The molecule has 1 aliphatic carbocycles. The smallest absolute Gasteiger partial charge is 0.253 e. The number of hydrogen-bond donors (Lipinski definition) is 3. The lowest BCUT2D eigenvalue weighted by Gasteiger charge is -2.24. The normalized spacial score (nSPS) is 25.6. The standard InChI is InChI=1S/C10H16N4OS/c11-6-1-3-7(4-2-6)16-10-13-8(12)5-9(15)14-10/h5-7H,1-4,11H2,(H3,12,13,14,15). The Morgan fingerprint density at radius 1 is 1.38 bits per heavy atom. The number of H-pyrrole nitrogens is 1. The summed E-state index contributed by atoms with van der Waals surface area (Å²) < 4.78 is 0. The summed E-state index contributed by atoms with van der Waals surface area (Å²) in [5.74, 6) is 0.277. The van der Waals surface area contributed by atoms with Crippen LogP contribution in [-0.4, -0.2) is 21.3 Å². The molecule has 0 unspecified atom stereocenters. The van der Waals surface area contributed by atoms with Gasteiger partial charge in [0.05, 0.1) is 0 Å². The van der Waals surface area contributed by atoms with Crippen molar-refractivity contribution in [3.05, 3.63) is 16.4 Å². The molecule has 5 nitrogen and oxygen atoms in total. The number of thioether (sulfide) groups is 1. The Labute approximate surface area is 98.0 Å². The summed E-state index contributed by atoms with van der Waals surface area (Å²) in [6.07, 6.45) is 4.24. The predicted octanol–water partition coefficient (Wildman–Crippen LogP) is 0.714. The molecule has 6 heteroatoms. The van der Waals surface area contributed by atoms with Gasteiger partial charge in [0.15, 0.2) is 5.16 Å². The molecule has 0 spiro atoms. The highest BCUT2D eigenvalue weighted by Crippen LogP contribution is 2.31. The molecule has 0 amide bonds. The minimum Gasteiger partial charge on any atom is -0.383 e. The first-order valence-electron chi connectivity index (χ1n) is 5.42. The van der Waals surface area contributed by atoms with Gasteiger partial charge < -0.3 is 16.5 Å². The Hall–Kier alpha value is -1.01. The summed E-state index contributed by atoms with van der Waals surface area (Å²) in [6.45, 7) is 0. The quantitative estimate of drug-likeness (QED) is 0.661. The van der Waals surface area contributed by atoms with E-state index in [-0.39, 0.29) is 11.4 Å². The first-order chi connectivity index (χ1) is 7.63. The fraction of sp³-hybridized carbons (Fsp3) is 0.600. The van der Waals surface area contributed by atoms with Crippen molar-refractivity contribution in [3.63, 3.8) is 0 Å². The first kappa shape index (κ1) is 11.5. The fourth-order valence-corrected chi connectivity index (χ4v) is 3.01. The number of nitrogens with zero attached hydrogens (tertiary/aromatic N) is 1. The van der Waals surface area contributed by atoms with Gasteiger partial charge >= 0.3 is 0 Å². The van der Waals surface area contributed by atoms with E-state index in [1.54, 1.807) is 11.8 Å². The molecule has 1 aromatic rings. The molecular weight excluding hydrogens is 224 g/mol. The molecule has 16 heavy (non-hydrogen) atoms. The van der Waals surface area contributed by atoms with Crippen LogP contribution in [-0.2, 0) is 0 Å². The van der Waals surface area contributed by atoms with Crippen molar-refractivity contribution in [2.24, 2.45) is 5.73 Å². The maximum atomic E-state index is 11.2. The molecule has 0 saturated heterocycles. The van der Waals surface area contributed by atoms with Crippen LogP contribution in [0.4, 0.5) is 5.82 Å². The summed E-state index contributed by atoms with van der Waals surface area (Å²) in [7, 11) is 0. The lowest BCUT2D eigenvalue weighted by Crippen LogP contribution is -2.27. The Kier molecular flexibility index (Phi) is 3.50. The van der Waals surface area contributed by atoms with Crippen molar-refractivity contribution >= 4 is 17.6 Å². The zero-order valence-electron chi connectivity index (χ0n) is 8.98. The van der Waals surface area contributed by atoms with Crippen molar-refractivity contribution < 1.29 is 0 Å². The zero-order chi connectivity index (χ0) is 11.5. The van der Waals surface area contributed by atoms with E-state index in [0.29, 0.717) is 16.4 Å². The molecule has 1 aliphatic rings. The first-order valence-corrected chi connectivity index (χ1v) is 6.30. The molecular formula is C10H16N4OS. The Balaban J connectivity index is 2.01. The summed E-state index contributed by atoms with van der Waals surface area (Å²) in [5, 5.41) is 1.11. The molecule has 1 aromatic heterocycles. The third kappa shape index (κ3) is 2.99. The van der Waals surface area contributed by atoms with Crippen molar-refractivity contribution in [2.45, 2.75) is 42.1 Å².